The summed E-state index contributed by atoms with van der Waals surface area (Å²) in [6, 6.07) is 0. The largest absolute Gasteiger partial charge is 0.379 e. The lowest BCUT2D eigenvalue weighted by Gasteiger charge is -2.07. The van der Waals surface area contributed by atoms with Crippen LogP contribution in [0.3, 0.4) is 0 Å². The molecule has 0 heterocycles. The molecule has 5 nitrogen and oxygen atoms in total. The molecule has 1 amide bonds. The molecule has 0 aliphatic rings. The number of nitrogens with one attached hydrogen (secondary N) is 1. The minimum atomic E-state index is -0.0277. The summed E-state index contributed by atoms with van der Waals surface area (Å²) in [7, 11) is 0. The molecule has 0 aromatic heterocycles. The molecule has 0 aromatic carbocycles. The van der Waals surface area contributed by atoms with Crippen LogP contribution >= 0.6 is 11.8 Å². The third-order valence-corrected chi connectivity index (χ3v) is 2.85. The summed E-state index contributed by atoms with van der Waals surface area (Å²) in [5.41, 5.74) is 0. The molecule has 0 aliphatic carbocycles. The molecule has 0 rings (SSSR count). The van der Waals surface area contributed by atoms with Gasteiger partial charge in [-0.1, -0.05) is 31.5 Å². The minimum absolute atomic E-state index is 0.0277. The number of hydrogen-bond donors (Lipinski definition) is 1. The topological polar surface area (TPSA) is 56.8 Å². The number of rotatable bonds is 13. The van der Waals surface area contributed by atoms with E-state index in [1.807, 2.05) is 0 Å². The van der Waals surface area contributed by atoms with E-state index in [4.69, 9.17) is 14.2 Å². The lowest BCUT2D eigenvalue weighted by molar-refractivity contribution is 0.0148. The van der Waals surface area contributed by atoms with Crippen molar-refractivity contribution in [1.29, 1.82) is 0 Å². The van der Waals surface area contributed by atoms with Gasteiger partial charge in [0.25, 0.3) is 5.24 Å². The Morgan fingerprint density at radius 2 is 1.53 bits per heavy atom. The Balaban J connectivity index is 2.97. The van der Waals surface area contributed by atoms with Gasteiger partial charge in [-0.3, -0.25) is 4.79 Å². The molecule has 0 spiro atoms. The van der Waals surface area contributed by atoms with Crippen molar-refractivity contribution in [3.05, 3.63) is 0 Å². The fourth-order valence-electron chi connectivity index (χ4n) is 1.29. The Morgan fingerprint density at radius 3 is 2.11 bits per heavy atom. The van der Waals surface area contributed by atoms with E-state index in [1.54, 1.807) is 6.26 Å². The van der Waals surface area contributed by atoms with E-state index in [0.29, 0.717) is 39.6 Å². The molecule has 0 fully saturated rings. The number of carbonyl (C=O) groups is 1. The van der Waals surface area contributed by atoms with Gasteiger partial charge < -0.3 is 19.5 Å². The van der Waals surface area contributed by atoms with Crippen LogP contribution in [0.25, 0.3) is 0 Å². The summed E-state index contributed by atoms with van der Waals surface area (Å²) in [4.78, 5) is 10.9. The van der Waals surface area contributed by atoms with Gasteiger partial charge in [0.05, 0.1) is 33.0 Å². The SMILES string of the molecule is CCCCCOCCOCCOCCNC(=O)SC. The highest BCUT2D eigenvalue weighted by Gasteiger charge is 1.96. The van der Waals surface area contributed by atoms with Crippen LogP contribution in [0, 0.1) is 0 Å². The van der Waals surface area contributed by atoms with Gasteiger partial charge in [-0.25, -0.2) is 0 Å². The van der Waals surface area contributed by atoms with Crippen molar-refractivity contribution in [1.82, 2.24) is 5.32 Å². The van der Waals surface area contributed by atoms with Crippen molar-refractivity contribution in [2.75, 3.05) is 52.4 Å². The van der Waals surface area contributed by atoms with Crippen LogP contribution in [0.2, 0.25) is 0 Å². The number of hydrogen-bond acceptors (Lipinski definition) is 5. The Hall–Kier alpha value is -0.300. The first-order valence-corrected chi connectivity index (χ1v) is 8.08. The van der Waals surface area contributed by atoms with Gasteiger partial charge in [-0.2, -0.15) is 0 Å². The quantitative estimate of drug-likeness (QED) is 0.528. The van der Waals surface area contributed by atoms with E-state index in [2.05, 4.69) is 12.2 Å². The van der Waals surface area contributed by atoms with Crippen molar-refractivity contribution in [3.8, 4) is 0 Å². The first-order valence-electron chi connectivity index (χ1n) is 6.86. The van der Waals surface area contributed by atoms with Crippen molar-refractivity contribution >= 4 is 17.0 Å². The number of carbonyl (C=O) groups excluding carboxylic acids is 1. The van der Waals surface area contributed by atoms with Gasteiger partial charge in [0, 0.05) is 13.2 Å². The van der Waals surface area contributed by atoms with Crippen LogP contribution in [0.1, 0.15) is 26.2 Å². The zero-order valence-corrected chi connectivity index (χ0v) is 12.9. The summed E-state index contributed by atoms with van der Waals surface area (Å²) in [5, 5.41) is 2.68. The first kappa shape index (κ1) is 18.7. The van der Waals surface area contributed by atoms with E-state index in [-0.39, 0.29) is 5.24 Å². The molecular formula is C13H27NO4S. The van der Waals surface area contributed by atoms with Gasteiger partial charge in [0.1, 0.15) is 0 Å². The van der Waals surface area contributed by atoms with E-state index in [1.165, 1.54) is 12.8 Å². The van der Waals surface area contributed by atoms with E-state index < -0.39 is 0 Å². The van der Waals surface area contributed by atoms with Crippen LogP contribution in [-0.4, -0.2) is 57.7 Å². The molecule has 0 saturated carbocycles. The molecule has 1 N–H and O–H groups in total. The Kier molecular flexibility index (Phi) is 15.5. The van der Waals surface area contributed by atoms with Crippen LogP contribution in [0.4, 0.5) is 4.79 Å². The second-order valence-corrected chi connectivity index (χ2v) is 4.74. The first-order chi connectivity index (χ1) is 9.31. The second-order valence-electron chi connectivity index (χ2n) is 3.96. The van der Waals surface area contributed by atoms with Crippen molar-refractivity contribution < 1.29 is 19.0 Å². The molecule has 0 aromatic rings. The van der Waals surface area contributed by atoms with E-state index >= 15 is 0 Å². The second kappa shape index (κ2) is 15.8. The van der Waals surface area contributed by atoms with Crippen LogP contribution < -0.4 is 5.32 Å². The standard InChI is InChI=1S/C13H27NO4S/c1-3-4-5-7-16-9-11-18-12-10-17-8-6-14-13(15)19-2/h3-12H2,1-2H3,(H,14,15). The molecule has 6 heteroatoms. The summed E-state index contributed by atoms with van der Waals surface area (Å²) in [5.74, 6) is 0. The molecule has 0 unspecified atom stereocenters. The van der Waals surface area contributed by atoms with Crippen molar-refractivity contribution in [2.24, 2.45) is 0 Å². The average molecular weight is 293 g/mol. The van der Waals surface area contributed by atoms with Gasteiger partial charge in [-0.15, -0.1) is 0 Å². The van der Waals surface area contributed by atoms with Crippen LogP contribution in [0.15, 0.2) is 0 Å². The molecular weight excluding hydrogens is 266 g/mol. The zero-order valence-electron chi connectivity index (χ0n) is 12.1. The Morgan fingerprint density at radius 1 is 0.947 bits per heavy atom. The molecule has 0 atom stereocenters. The highest BCUT2D eigenvalue weighted by Crippen LogP contribution is 1.94. The fraction of sp³-hybridized carbons (Fsp3) is 0.923. The summed E-state index contributed by atoms with van der Waals surface area (Å²) < 4.78 is 16.0. The fourth-order valence-corrected chi connectivity index (χ4v) is 1.54. The van der Waals surface area contributed by atoms with Gasteiger partial charge >= 0.3 is 0 Å². The Bertz CT molecular complexity index is 205. The van der Waals surface area contributed by atoms with Gasteiger partial charge in [-0.05, 0) is 12.7 Å². The number of thioether (sulfide) groups is 1. The highest BCUT2D eigenvalue weighted by molar-refractivity contribution is 8.12. The summed E-state index contributed by atoms with van der Waals surface area (Å²) in [6.45, 7) is 6.42. The lowest BCUT2D eigenvalue weighted by atomic mass is 10.3. The third-order valence-electron chi connectivity index (χ3n) is 2.34. The maximum atomic E-state index is 10.9. The Labute approximate surface area is 120 Å². The number of unbranched alkanes of at least 4 members (excludes halogenated alkanes) is 2. The van der Waals surface area contributed by atoms with E-state index in [9.17, 15) is 4.79 Å². The van der Waals surface area contributed by atoms with Crippen LogP contribution in [0.5, 0.6) is 0 Å². The minimum Gasteiger partial charge on any atom is -0.379 e. The van der Waals surface area contributed by atoms with Crippen LogP contribution in [-0.2, 0) is 14.2 Å². The molecule has 0 radical (unpaired) electrons. The predicted octanol–water partition coefficient (Wildman–Crippen LogP) is 2.30. The maximum absolute atomic E-state index is 10.9. The summed E-state index contributed by atoms with van der Waals surface area (Å²) in [6.07, 6.45) is 5.31. The smallest absolute Gasteiger partial charge is 0.278 e. The average Bonchev–Trinajstić information content (AvgIpc) is 2.43. The summed E-state index contributed by atoms with van der Waals surface area (Å²) >= 11 is 1.16. The number of ether oxygens (including phenoxy) is 3. The molecule has 114 valence electrons. The van der Waals surface area contributed by atoms with Crippen molar-refractivity contribution in [2.45, 2.75) is 26.2 Å². The zero-order chi connectivity index (χ0) is 14.2. The van der Waals surface area contributed by atoms with E-state index in [0.717, 1.165) is 24.8 Å². The molecule has 0 aliphatic heterocycles. The third kappa shape index (κ3) is 15.6. The van der Waals surface area contributed by atoms with Gasteiger partial charge in [0.2, 0.25) is 0 Å². The van der Waals surface area contributed by atoms with Gasteiger partial charge in [0.15, 0.2) is 0 Å². The molecule has 0 bridgehead atoms. The predicted molar refractivity (Wildman–Crippen MR) is 78.9 cm³/mol. The normalized spacial score (nSPS) is 10.6. The van der Waals surface area contributed by atoms with Crippen molar-refractivity contribution in [3.63, 3.8) is 0 Å². The lowest BCUT2D eigenvalue weighted by Crippen LogP contribution is -2.23. The number of amides is 1. The monoisotopic (exact) mass is 293 g/mol. The molecule has 19 heavy (non-hydrogen) atoms. The maximum Gasteiger partial charge on any atom is 0.278 e. The highest BCUT2D eigenvalue weighted by atomic mass is 32.2. The molecule has 0 saturated heterocycles.